The Morgan fingerprint density at radius 3 is 2.00 bits per heavy atom. The van der Waals surface area contributed by atoms with E-state index in [4.69, 9.17) is 11.6 Å². The van der Waals surface area contributed by atoms with Gasteiger partial charge in [-0.15, -0.1) is 0 Å². The monoisotopic (exact) mass is 270 g/mol. The van der Waals surface area contributed by atoms with Crippen molar-refractivity contribution in [1.82, 2.24) is 0 Å². The molecule has 0 radical (unpaired) electrons. The zero-order chi connectivity index (χ0) is 13.4. The van der Waals surface area contributed by atoms with Gasteiger partial charge in [0.05, 0.1) is 9.85 Å². The molecule has 6 nitrogen and oxygen atoms in total. The predicted molar refractivity (Wildman–Crippen MR) is 49.8 cm³/mol. The summed E-state index contributed by atoms with van der Waals surface area (Å²) >= 11 is 5.24. The lowest BCUT2D eigenvalue weighted by atomic mass is 10.1. The average molecular weight is 271 g/mol. The maximum absolute atomic E-state index is 12.5. The Morgan fingerprint density at radius 1 is 1.12 bits per heavy atom. The van der Waals surface area contributed by atoms with Crippen LogP contribution in [0, 0.1) is 20.2 Å². The Balaban J connectivity index is 3.75. The summed E-state index contributed by atoms with van der Waals surface area (Å²) in [5, 5.41) is 20.0. The van der Waals surface area contributed by atoms with Gasteiger partial charge < -0.3 is 0 Å². The van der Waals surface area contributed by atoms with Crippen LogP contribution in [0.15, 0.2) is 12.1 Å². The molecule has 0 saturated heterocycles. The summed E-state index contributed by atoms with van der Waals surface area (Å²) in [5.74, 6) is 0. The maximum Gasteiger partial charge on any atom is 0.429 e. The molecule has 17 heavy (non-hydrogen) atoms. The number of nitro benzene ring substituents is 2. The molecule has 0 aliphatic carbocycles. The second kappa shape index (κ2) is 4.17. The summed E-state index contributed by atoms with van der Waals surface area (Å²) in [6.07, 6.45) is -5.24. The summed E-state index contributed by atoms with van der Waals surface area (Å²) < 4.78 is 37.6. The third-order valence-corrected chi connectivity index (χ3v) is 2.07. The van der Waals surface area contributed by atoms with Crippen molar-refractivity contribution in [2.45, 2.75) is 6.18 Å². The van der Waals surface area contributed by atoms with Crippen LogP contribution in [0.3, 0.4) is 0 Å². The maximum atomic E-state index is 12.5. The van der Waals surface area contributed by atoms with E-state index in [9.17, 15) is 33.4 Å². The summed E-state index contributed by atoms with van der Waals surface area (Å²) in [5.41, 5.74) is -4.89. The summed E-state index contributed by atoms with van der Waals surface area (Å²) in [6.45, 7) is 0. The van der Waals surface area contributed by atoms with E-state index < -0.39 is 38.0 Å². The molecule has 0 saturated carbocycles. The molecule has 10 heteroatoms. The van der Waals surface area contributed by atoms with Gasteiger partial charge in [-0.25, -0.2) is 0 Å². The number of hydrogen-bond donors (Lipinski definition) is 0. The SMILES string of the molecule is O=[N+]([O-])c1ccc(Cl)c([N+](=O)[O-])c1C(F)(F)F. The van der Waals surface area contributed by atoms with Crippen LogP contribution in [0.25, 0.3) is 0 Å². The van der Waals surface area contributed by atoms with Crippen molar-refractivity contribution in [1.29, 1.82) is 0 Å². The number of alkyl halides is 3. The fourth-order valence-corrected chi connectivity index (χ4v) is 1.39. The minimum atomic E-state index is -5.24. The van der Waals surface area contributed by atoms with Crippen molar-refractivity contribution in [3.63, 3.8) is 0 Å². The fraction of sp³-hybridized carbons (Fsp3) is 0.143. The average Bonchev–Trinajstić information content (AvgIpc) is 2.14. The highest BCUT2D eigenvalue weighted by atomic mass is 35.5. The second-order valence-electron chi connectivity index (χ2n) is 2.80. The van der Waals surface area contributed by atoms with Crippen LogP contribution in [-0.2, 0) is 6.18 Å². The molecule has 0 N–H and O–H groups in total. The Hall–Kier alpha value is -1.90. The molecule has 0 amide bonds. The first-order valence-corrected chi connectivity index (χ1v) is 4.22. The molecule has 0 fully saturated rings. The van der Waals surface area contributed by atoms with Crippen LogP contribution in [0.4, 0.5) is 24.5 Å². The van der Waals surface area contributed by atoms with Gasteiger partial charge in [0.15, 0.2) is 0 Å². The Labute approximate surface area is 95.9 Å². The molecule has 1 aromatic rings. The fourth-order valence-electron chi connectivity index (χ4n) is 1.17. The molecule has 0 aromatic heterocycles. The van der Waals surface area contributed by atoms with Crippen LogP contribution >= 0.6 is 11.6 Å². The van der Waals surface area contributed by atoms with Crippen molar-refractivity contribution in [2.24, 2.45) is 0 Å². The number of halogens is 4. The van der Waals surface area contributed by atoms with E-state index in [0.717, 1.165) is 0 Å². The lowest BCUT2D eigenvalue weighted by Gasteiger charge is -2.08. The minimum absolute atomic E-state index is 0.470. The molecule has 0 unspecified atom stereocenters. The molecule has 0 heterocycles. The van der Waals surface area contributed by atoms with Gasteiger partial charge in [-0.05, 0) is 6.07 Å². The van der Waals surface area contributed by atoms with Crippen LogP contribution in [0.1, 0.15) is 5.56 Å². The van der Waals surface area contributed by atoms with Crippen LogP contribution in [0.2, 0.25) is 5.02 Å². The first-order chi connectivity index (χ1) is 7.66. The molecular weight excluding hydrogens is 269 g/mol. The van der Waals surface area contributed by atoms with Gasteiger partial charge in [0, 0.05) is 6.07 Å². The van der Waals surface area contributed by atoms with E-state index in [1.54, 1.807) is 0 Å². The van der Waals surface area contributed by atoms with E-state index in [1.165, 1.54) is 0 Å². The third-order valence-electron chi connectivity index (χ3n) is 1.77. The van der Waals surface area contributed by atoms with Crippen molar-refractivity contribution >= 4 is 23.0 Å². The van der Waals surface area contributed by atoms with E-state index in [2.05, 4.69) is 0 Å². The smallest absolute Gasteiger partial charge is 0.258 e. The van der Waals surface area contributed by atoms with Crippen LogP contribution in [0.5, 0.6) is 0 Å². The first kappa shape index (κ1) is 13.2. The highest BCUT2D eigenvalue weighted by Gasteiger charge is 2.46. The van der Waals surface area contributed by atoms with Crippen LogP contribution < -0.4 is 0 Å². The molecule has 0 bridgehead atoms. The molecule has 92 valence electrons. The molecule has 0 aliphatic heterocycles. The van der Waals surface area contributed by atoms with Gasteiger partial charge in [-0.1, -0.05) is 11.6 Å². The van der Waals surface area contributed by atoms with Crippen LogP contribution in [-0.4, -0.2) is 9.85 Å². The predicted octanol–water partition coefficient (Wildman–Crippen LogP) is 3.18. The van der Waals surface area contributed by atoms with Gasteiger partial charge >= 0.3 is 11.9 Å². The highest BCUT2D eigenvalue weighted by molar-refractivity contribution is 6.32. The number of nitrogens with zero attached hydrogens (tertiary/aromatic N) is 2. The lowest BCUT2D eigenvalue weighted by molar-refractivity contribution is -0.399. The second-order valence-corrected chi connectivity index (χ2v) is 3.21. The standard InChI is InChI=1S/C7H2ClF3N2O4/c8-3-1-2-4(12(14)15)5(7(9,10)11)6(3)13(16)17/h1-2H. The molecule has 0 spiro atoms. The minimum Gasteiger partial charge on any atom is -0.258 e. The Morgan fingerprint density at radius 2 is 1.65 bits per heavy atom. The normalized spacial score (nSPS) is 11.3. The van der Waals surface area contributed by atoms with Crippen molar-refractivity contribution in [3.05, 3.63) is 42.9 Å². The van der Waals surface area contributed by atoms with Gasteiger partial charge in [-0.2, -0.15) is 13.2 Å². The Kier molecular flexibility index (Phi) is 3.23. The zero-order valence-corrected chi connectivity index (χ0v) is 8.45. The number of benzene rings is 1. The van der Waals surface area contributed by atoms with Crippen molar-refractivity contribution in [2.75, 3.05) is 0 Å². The molecular formula is C7H2ClF3N2O4. The highest BCUT2D eigenvalue weighted by Crippen LogP contribution is 2.45. The molecule has 0 atom stereocenters. The topological polar surface area (TPSA) is 86.3 Å². The summed E-state index contributed by atoms with van der Waals surface area (Å²) in [7, 11) is 0. The number of rotatable bonds is 2. The Bertz CT molecular complexity index is 503. The summed E-state index contributed by atoms with van der Waals surface area (Å²) in [4.78, 5) is 18.1. The van der Waals surface area contributed by atoms with E-state index in [0.29, 0.717) is 12.1 Å². The van der Waals surface area contributed by atoms with Gasteiger partial charge in [0.2, 0.25) is 5.56 Å². The number of nitro groups is 2. The van der Waals surface area contributed by atoms with Gasteiger partial charge in [0.25, 0.3) is 5.69 Å². The lowest BCUT2D eigenvalue weighted by Crippen LogP contribution is -2.12. The van der Waals surface area contributed by atoms with Gasteiger partial charge in [-0.3, -0.25) is 20.2 Å². The summed E-state index contributed by atoms with van der Waals surface area (Å²) in [6, 6.07) is 1.14. The van der Waals surface area contributed by atoms with Crippen molar-refractivity contribution in [3.8, 4) is 0 Å². The first-order valence-electron chi connectivity index (χ1n) is 3.84. The largest absolute Gasteiger partial charge is 0.429 e. The quantitative estimate of drug-likeness (QED) is 0.610. The van der Waals surface area contributed by atoms with Gasteiger partial charge in [0.1, 0.15) is 5.02 Å². The van der Waals surface area contributed by atoms with E-state index in [-0.39, 0.29) is 0 Å². The zero-order valence-electron chi connectivity index (χ0n) is 7.69. The third kappa shape index (κ3) is 2.44. The molecule has 1 aromatic carbocycles. The van der Waals surface area contributed by atoms with Crippen molar-refractivity contribution < 1.29 is 23.0 Å². The number of hydrogen-bond acceptors (Lipinski definition) is 4. The van der Waals surface area contributed by atoms with E-state index >= 15 is 0 Å². The molecule has 1 rings (SSSR count). The van der Waals surface area contributed by atoms with E-state index in [1.807, 2.05) is 0 Å². The molecule has 0 aliphatic rings.